The first kappa shape index (κ1) is 21.1. The molecule has 1 heterocycles. The minimum Gasteiger partial charge on any atom is -0.351 e. The summed E-state index contributed by atoms with van der Waals surface area (Å²) >= 11 is 6.08. The van der Waals surface area contributed by atoms with Gasteiger partial charge in [-0.1, -0.05) is 43.0 Å². The number of hydrogen-bond acceptors (Lipinski definition) is 3. The first-order valence-corrected chi connectivity index (χ1v) is 11.5. The van der Waals surface area contributed by atoms with Gasteiger partial charge in [0.15, 0.2) is 0 Å². The number of carbonyl (C=O) groups is 1. The van der Waals surface area contributed by atoms with Crippen LogP contribution in [0.5, 0.6) is 0 Å². The monoisotopic (exact) mass is 427 g/mol. The summed E-state index contributed by atoms with van der Waals surface area (Å²) in [6, 6.07) is 9.23. The number of benzene rings is 1. The molecule has 1 fully saturated rings. The average Bonchev–Trinajstić information content (AvgIpc) is 2.75. The summed E-state index contributed by atoms with van der Waals surface area (Å²) in [5.41, 5.74) is 2.54. The van der Waals surface area contributed by atoms with Crippen LogP contribution in [-0.4, -0.2) is 21.7 Å². The Morgan fingerprint density at radius 3 is 2.57 bits per heavy atom. The lowest BCUT2D eigenvalue weighted by Gasteiger charge is -2.37. The number of aryl methyl sites for hydroxylation is 2. The van der Waals surface area contributed by atoms with Crippen molar-refractivity contribution in [3.63, 3.8) is 0 Å². The molecule has 160 valence electrons. The van der Waals surface area contributed by atoms with Gasteiger partial charge in [-0.25, -0.2) is 4.68 Å². The van der Waals surface area contributed by atoms with Gasteiger partial charge in [0.1, 0.15) is 0 Å². The molecule has 0 aliphatic heterocycles. The molecule has 1 amide bonds. The molecule has 6 heteroatoms. The van der Waals surface area contributed by atoms with Gasteiger partial charge in [-0.05, 0) is 68.7 Å². The van der Waals surface area contributed by atoms with E-state index in [0.29, 0.717) is 11.6 Å². The van der Waals surface area contributed by atoms with Crippen LogP contribution in [-0.2, 0) is 29.6 Å². The number of carbonyl (C=O) groups excluding carboxylic acids is 1. The highest BCUT2D eigenvalue weighted by molar-refractivity contribution is 6.30. The summed E-state index contributed by atoms with van der Waals surface area (Å²) in [5, 5.41) is 8.46. The van der Waals surface area contributed by atoms with E-state index < -0.39 is 5.41 Å². The van der Waals surface area contributed by atoms with Gasteiger partial charge >= 0.3 is 0 Å². The Kier molecular flexibility index (Phi) is 6.28. The van der Waals surface area contributed by atoms with Crippen molar-refractivity contribution in [2.24, 2.45) is 0 Å². The molecule has 0 saturated heterocycles. The second-order valence-corrected chi connectivity index (χ2v) is 9.30. The highest BCUT2D eigenvalue weighted by atomic mass is 35.5. The second-order valence-electron chi connectivity index (χ2n) is 8.87. The number of hydrogen-bond donors (Lipinski definition) is 1. The molecule has 2 aliphatic carbocycles. The molecule has 0 unspecified atom stereocenters. The largest absolute Gasteiger partial charge is 0.351 e. The lowest BCUT2D eigenvalue weighted by atomic mass is 9.68. The molecular formula is C24H30ClN3O2. The van der Waals surface area contributed by atoms with Gasteiger partial charge in [0.25, 0.3) is 5.56 Å². The predicted octanol–water partition coefficient (Wildman–Crippen LogP) is 4.18. The van der Waals surface area contributed by atoms with E-state index in [9.17, 15) is 9.59 Å². The van der Waals surface area contributed by atoms with Crippen LogP contribution in [0.15, 0.2) is 35.1 Å². The Labute approximate surface area is 182 Å². The van der Waals surface area contributed by atoms with Crippen LogP contribution >= 0.6 is 11.6 Å². The van der Waals surface area contributed by atoms with E-state index in [1.165, 1.54) is 4.68 Å². The third kappa shape index (κ3) is 4.31. The van der Waals surface area contributed by atoms with Crippen molar-refractivity contribution >= 4 is 17.5 Å². The van der Waals surface area contributed by atoms with Crippen LogP contribution in [0.1, 0.15) is 68.7 Å². The van der Waals surface area contributed by atoms with Gasteiger partial charge in [-0.15, -0.1) is 0 Å². The minimum absolute atomic E-state index is 0.0445. The van der Waals surface area contributed by atoms with Crippen LogP contribution in [0.2, 0.25) is 5.02 Å². The quantitative estimate of drug-likeness (QED) is 0.778. The molecule has 1 atom stereocenters. The summed E-state index contributed by atoms with van der Waals surface area (Å²) in [5.74, 6) is 0.0445. The summed E-state index contributed by atoms with van der Waals surface area (Å²) < 4.78 is 1.52. The lowest BCUT2D eigenvalue weighted by Crippen LogP contribution is -2.50. The Morgan fingerprint density at radius 1 is 1.13 bits per heavy atom. The van der Waals surface area contributed by atoms with Crippen molar-refractivity contribution in [3.05, 3.63) is 62.5 Å². The molecule has 1 saturated carbocycles. The maximum absolute atomic E-state index is 13.5. The summed E-state index contributed by atoms with van der Waals surface area (Å²) in [4.78, 5) is 26.0. The number of rotatable bonds is 5. The SMILES string of the molecule is C[C@@H](Cn1nc2c(cc1=O)CCCC2)NC(=O)C1(c2ccc(Cl)cc2)CCCCC1. The fourth-order valence-electron chi connectivity index (χ4n) is 4.97. The van der Waals surface area contributed by atoms with Gasteiger partial charge in [0.05, 0.1) is 17.7 Å². The smallest absolute Gasteiger partial charge is 0.267 e. The zero-order valence-corrected chi connectivity index (χ0v) is 18.4. The Morgan fingerprint density at radius 2 is 1.83 bits per heavy atom. The van der Waals surface area contributed by atoms with Crippen LogP contribution in [0.4, 0.5) is 0 Å². The van der Waals surface area contributed by atoms with Crippen molar-refractivity contribution < 1.29 is 4.79 Å². The molecule has 5 nitrogen and oxygen atoms in total. The standard InChI is InChI=1S/C24H30ClN3O2/c1-17(16-28-22(29)15-18-7-3-4-8-21(18)27-28)26-23(30)24(13-5-2-6-14-24)19-9-11-20(25)12-10-19/h9-12,15,17H,2-8,13-14,16H2,1H3,(H,26,30)/t17-/m0/s1. The van der Waals surface area contributed by atoms with Crippen LogP contribution in [0.25, 0.3) is 0 Å². The number of amides is 1. The first-order valence-electron chi connectivity index (χ1n) is 11.1. The van der Waals surface area contributed by atoms with Crippen molar-refractivity contribution in [2.75, 3.05) is 0 Å². The zero-order chi connectivity index (χ0) is 21.1. The third-order valence-electron chi connectivity index (χ3n) is 6.64. The van der Waals surface area contributed by atoms with Crippen LogP contribution < -0.4 is 10.9 Å². The zero-order valence-electron chi connectivity index (χ0n) is 17.6. The Bertz CT molecular complexity index is 961. The second kappa shape index (κ2) is 8.93. The van der Waals surface area contributed by atoms with Crippen LogP contribution in [0, 0.1) is 0 Å². The molecule has 4 rings (SSSR count). The number of nitrogens with one attached hydrogen (secondary N) is 1. The predicted molar refractivity (Wildman–Crippen MR) is 119 cm³/mol. The van der Waals surface area contributed by atoms with Gasteiger partial charge in [-0.3, -0.25) is 9.59 Å². The molecule has 30 heavy (non-hydrogen) atoms. The maximum atomic E-state index is 13.5. The fourth-order valence-corrected chi connectivity index (χ4v) is 5.10. The van der Waals surface area contributed by atoms with Gasteiger partial charge in [-0.2, -0.15) is 5.10 Å². The molecule has 1 aromatic heterocycles. The van der Waals surface area contributed by atoms with E-state index in [1.807, 2.05) is 31.2 Å². The number of nitrogens with zero attached hydrogens (tertiary/aromatic N) is 2. The molecule has 0 radical (unpaired) electrons. The van der Waals surface area contributed by atoms with Gasteiger partial charge in [0.2, 0.25) is 5.91 Å². The van der Waals surface area contributed by atoms with Crippen molar-refractivity contribution in [1.82, 2.24) is 15.1 Å². The first-order chi connectivity index (χ1) is 14.5. The average molecular weight is 428 g/mol. The van der Waals surface area contributed by atoms with Crippen molar-refractivity contribution in [1.29, 1.82) is 0 Å². The number of fused-ring (bicyclic) bond motifs is 1. The molecule has 0 spiro atoms. The molecular weight excluding hydrogens is 398 g/mol. The Balaban J connectivity index is 1.51. The number of aromatic nitrogens is 2. The topological polar surface area (TPSA) is 64.0 Å². The highest BCUT2D eigenvalue weighted by Gasteiger charge is 2.41. The summed E-state index contributed by atoms with van der Waals surface area (Å²) in [7, 11) is 0. The summed E-state index contributed by atoms with van der Waals surface area (Å²) in [6.45, 7) is 2.33. The molecule has 2 aliphatic rings. The number of halogens is 1. The molecule has 2 aromatic rings. The van der Waals surface area contributed by atoms with E-state index in [2.05, 4.69) is 10.4 Å². The molecule has 1 N–H and O–H groups in total. The highest BCUT2D eigenvalue weighted by Crippen LogP contribution is 2.40. The lowest BCUT2D eigenvalue weighted by molar-refractivity contribution is -0.128. The van der Waals surface area contributed by atoms with Crippen LogP contribution in [0.3, 0.4) is 0 Å². The third-order valence-corrected chi connectivity index (χ3v) is 6.89. The van der Waals surface area contributed by atoms with Gasteiger partial charge < -0.3 is 5.32 Å². The maximum Gasteiger partial charge on any atom is 0.267 e. The van der Waals surface area contributed by atoms with E-state index in [4.69, 9.17) is 11.6 Å². The molecule has 0 bridgehead atoms. The fraction of sp³-hybridized carbons (Fsp3) is 0.542. The minimum atomic E-state index is -0.522. The van der Waals surface area contributed by atoms with E-state index >= 15 is 0 Å². The summed E-state index contributed by atoms with van der Waals surface area (Å²) in [6.07, 6.45) is 9.02. The normalized spacial score (nSPS) is 19.0. The van der Waals surface area contributed by atoms with Gasteiger partial charge in [0, 0.05) is 17.1 Å². The Hall–Kier alpha value is -2.14. The van der Waals surface area contributed by atoms with E-state index in [1.54, 1.807) is 6.07 Å². The molecule has 1 aromatic carbocycles. The van der Waals surface area contributed by atoms with E-state index in [0.717, 1.165) is 74.6 Å². The van der Waals surface area contributed by atoms with E-state index in [-0.39, 0.29) is 17.5 Å². The van der Waals surface area contributed by atoms with Crippen molar-refractivity contribution in [3.8, 4) is 0 Å². The van der Waals surface area contributed by atoms with Crippen molar-refractivity contribution in [2.45, 2.75) is 82.7 Å².